The summed E-state index contributed by atoms with van der Waals surface area (Å²) in [4.78, 5) is 10.3. The highest BCUT2D eigenvalue weighted by molar-refractivity contribution is 5.89. The molecule has 0 aliphatic carbocycles. The quantitative estimate of drug-likeness (QED) is 0.389. The standard InChI is InChI=1S/C26H26N2/c1-15-9-11-21(13-19(15)5)25-26(22-12-10-16(2)20(6)14-22)28-24-18(4)8-7-17(3)23(24)27-25/h7-14H,1-6H3. The van der Waals surface area contributed by atoms with Crippen LogP contribution >= 0.6 is 0 Å². The van der Waals surface area contributed by atoms with Crippen LogP contribution in [0.5, 0.6) is 0 Å². The fourth-order valence-electron chi connectivity index (χ4n) is 3.57. The van der Waals surface area contributed by atoms with E-state index in [-0.39, 0.29) is 0 Å². The summed E-state index contributed by atoms with van der Waals surface area (Å²) in [5.41, 5.74) is 13.5. The van der Waals surface area contributed by atoms with Gasteiger partial charge in [0.2, 0.25) is 0 Å². The van der Waals surface area contributed by atoms with Crippen molar-refractivity contribution in [3.63, 3.8) is 0 Å². The number of aryl methyl sites for hydroxylation is 6. The Morgan fingerprint density at radius 3 is 1.14 bits per heavy atom. The summed E-state index contributed by atoms with van der Waals surface area (Å²) in [6.45, 7) is 12.8. The van der Waals surface area contributed by atoms with Crippen LogP contribution in [0.15, 0.2) is 48.5 Å². The van der Waals surface area contributed by atoms with Gasteiger partial charge in [-0.05, 0) is 87.1 Å². The maximum absolute atomic E-state index is 5.14. The van der Waals surface area contributed by atoms with Crippen LogP contribution in [0.2, 0.25) is 0 Å². The molecule has 4 rings (SSSR count). The van der Waals surface area contributed by atoms with Crippen molar-refractivity contribution in [3.05, 3.63) is 81.9 Å². The lowest BCUT2D eigenvalue weighted by Gasteiger charge is -2.15. The molecule has 2 heteroatoms. The van der Waals surface area contributed by atoms with E-state index in [9.17, 15) is 0 Å². The predicted molar refractivity (Wildman–Crippen MR) is 119 cm³/mol. The second kappa shape index (κ2) is 6.87. The van der Waals surface area contributed by atoms with Gasteiger partial charge in [-0.15, -0.1) is 0 Å². The Morgan fingerprint density at radius 1 is 0.429 bits per heavy atom. The number of hydrogen-bond acceptors (Lipinski definition) is 2. The van der Waals surface area contributed by atoms with Gasteiger partial charge in [0.05, 0.1) is 22.4 Å². The monoisotopic (exact) mass is 366 g/mol. The minimum atomic E-state index is 0.951. The predicted octanol–water partition coefficient (Wildman–Crippen LogP) is 6.81. The molecule has 0 amide bonds. The van der Waals surface area contributed by atoms with Crippen molar-refractivity contribution in [2.75, 3.05) is 0 Å². The largest absolute Gasteiger partial charge is 0.244 e. The topological polar surface area (TPSA) is 25.8 Å². The number of hydrogen-bond donors (Lipinski definition) is 0. The summed E-state index contributed by atoms with van der Waals surface area (Å²) in [6, 6.07) is 17.4. The Morgan fingerprint density at radius 2 is 0.786 bits per heavy atom. The molecule has 2 nitrogen and oxygen atoms in total. The second-order valence-electron chi connectivity index (χ2n) is 7.92. The maximum Gasteiger partial charge on any atom is 0.0973 e. The van der Waals surface area contributed by atoms with Crippen molar-refractivity contribution in [1.29, 1.82) is 0 Å². The van der Waals surface area contributed by atoms with Gasteiger partial charge < -0.3 is 0 Å². The van der Waals surface area contributed by atoms with Gasteiger partial charge in [0, 0.05) is 11.1 Å². The lowest BCUT2D eigenvalue weighted by atomic mass is 9.97. The first-order chi connectivity index (χ1) is 13.3. The molecule has 0 fully saturated rings. The Bertz CT molecular complexity index is 1120. The molecule has 0 atom stereocenters. The lowest BCUT2D eigenvalue weighted by molar-refractivity contribution is 1.24. The fourth-order valence-corrected chi connectivity index (χ4v) is 3.57. The van der Waals surface area contributed by atoms with E-state index in [1.165, 1.54) is 22.3 Å². The lowest BCUT2D eigenvalue weighted by Crippen LogP contribution is -1.99. The molecule has 0 saturated carbocycles. The van der Waals surface area contributed by atoms with Crippen LogP contribution in [0, 0.1) is 41.5 Å². The number of fused-ring (bicyclic) bond motifs is 1. The Kier molecular flexibility index (Phi) is 4.50. The number of nitrogens with zero attached hydrogens (tertiary/aromatic N) is 2. The van der Waals surface area contributed by atoms with Crippen molar-refractivity contribution in [2.24, 2.45) is 0 Å². The molecular weight excluding hydrogens is 340 g/mol. The van der Waals surface area contributed by atoms with Crippen LogP contribution < -0.4 is 0 Å². The summed E-state index contributed by atoms with van der Waals surface area (Å²) in [7, 11) is 0. The summed E-state index contributed by atoms with van der Waals surface area (Å²) < 4.78 is 0. The van der Waals surface area contributed by atoms with Gasteiger partial charge in [-0.3, -0.25) is 0 Å². The van der Waals surface area contributed by atoms with Gasteiger partial charge in [-0.25, -0.2) is 9.97 Å². The third-order valence-corrected chi connectivity index (χ3v) is 5.79. The first-order valence-electron chi connectivity index (χ1n) is 9.78. The van der Waals surface area contributed by atoms with Crippen LogP contribution in [-0.2, 0) is 0 Å². The third-order valence-electron chi connectivity index (χ3n) is 5.79. The number of rotatable bonds is 2. The molecule has 0 aliphatic rings. The summed E-state index contributed by atoms with van der Waals surface area (Å²) in [5.74, 6) is 0. The zero-order chi connectivity index (χ0) is 20.0. The molecule has 0 bridgehead atoms. The molecule has 140 valence electrons. The van der Waals surface area contributed by atoms with E-state index in [0.717, 1.165) is 44.7 Å². The molecule has 0 spiro atoms. The van der Waals surface area contributed by atoms with E-state index < -0.39 is 0 Å². The van der Waals surface area contributed by atoms with Crippen LogP contribution in [0.1, 0.15) is 33.4 Å². The first-order valence-corrected chi connectivity index (χ1v) is 9.78. The van der Waals surface area contributed by atoms with Crippen molar-refractivity contribution in [3.8, 4) is 22.5 Å². The highest BCUT2D eigenvalue weighted by atomic mass is 14.8. The van der Waals surface area contributed by atoms with E-state index in [1.807, 2.05) is 0 Å². The maximum atomic E-state index is 5.14. The molecular formula is C26H26N2. The van der Waals surface area contributed by atoms with Crippen LogP contribution in [0.3, 0.4) is 0 Å². The Balaban J connectivity index is 2.09. The SMILES string of the molecule is Cc1ccc(-c2nc3c(C)ccc(C)c3nc2-c2ccc(C)c(C)c2)cc1C. The van der Waals surface area contributed by atoms with Crippen molar-refractivity contribution >= 4 is 11.0 Å². The van der Waals surface area contributed by atoms with Gasteiger partial charge in [-0.1, -0.05) is 36.4 Å². The Labute approximate surface area is 167 Å². The molecule has 1 heterocycles. The number of aromatic nitrogens is 2. The van der Waals surface area contributed by atoms with Crippen LogP contribution in [0.4, 0.5) is 0 Å². The highest BCUT2D eigenvalue weighted by Crippen LogP contribution is 2.34. The first kappa shape index (κ1) is 18.4. The zero-order valence-corrected chi connectivity index (χ0v) is 17.5. The zero-order valence-electron chi connectivity index (χ0n) is 17.5. The highest BCUT2D eigenvalue weighted by Gasteiger charge is 2.16. The normalized spacial score (nSPS) is 11.2. The smallest absolute Gasteiger partial charge is 0.0973 e. The summed E-state index contributed by atoms with van der Waals surface area (Å²) in [6.07, 6.45) is 0. The van der Waals surface area contributed by atoms with Crippen LogP contribution in [0.25, 0.3) is 33.5 Å². The average Bonchev–Trinajstić information content (AvgIpc) is 2.68. The summed E-state index contributed by atoms with van der Waals surface area (Å²) in [5, 5.41) is 0. The minimum absolute atomic E-state index is 0.951. The second-order valence-corrected chi connectivity index (χ2v) is 7.92. The molecule has 3 aromatic carbocycles. The van der Waals surface area contributed by atoms with Gasteiger partial charge in [-0.2, -0.15) is 0 Å². The Hall–Kier alpha value is -3.00. The van der Waals surface area contributed by atoms with E-state index >= 15 is 0 Å². The van der Waals surface area contributed by atoms with Crippen molar-refractivity contribution < 1.29 is 0 Å². The van der Waals surface area contributed by atoms with Gasteiger partial charge in [0.15, 0.2) is 0 Å². The molecule has 0 N–H and O–H groups in total. The average molecular weight is 367 g/mol. The van der Waals surface area contributed by atoms with Gasteiger partial charge >= 0.3 is 0 Å². The van der Waals surface area contributed by atoms with Crippen LogP contribution in [-0.4, -0.2) is 9.97 Å². The van der Waals surface area contributed by atoms with E-state index in [1.54, 1.807) is 0 Å². The van der Waals surface area contributed by atoms with Crippen molar-refractivity contribution in [1.82, 2.24) is 9.97 Å². The van der Waals surface area contributed by atoms with E-state index in [0.29, 0.717) is 0 Å². The van der Waals surface area contributed by atoms with E-state index in [4.69, 9.17) is 9.97 Å². The molecule has 0 aliphatic heterocycles. The van der Waals surface area contributed by atoms with Crippen molar-refractivity contribution in [2.45, 2.75) is 41.5 Å². The molecule has 0 unspecified atom stereocenters. The number of benzene rings is 3. The molecule has 0 saturated heterocycles. The van der Waals surface area contributed by atoms with Gasteiger partial charge in [0.1, 0.15) is 0 Å². The fraction of sp³-hybridized carbons (Fsp3) is 0.231. The molecule has 0 radical (unpaired) electrons. The van der Waals surface area contributed by atoms with Gasteiger partial charge in [0.25, 0.3) is 0 Å². The third kappa shape index (κ3) is 3.09. The summed E-state index contributed by atoms with van der Waals surface area (Å²) >= 11 is 0. The molecule has 28 heavy (non-hydrogen) atoms. The van der Waals surface area contributed by atoms with E-state index in [2.05, 4.69) is 90.1 Å². The minimum Gasteiger partial charge on any atom is -0.244 e. The molecule has 4 aromatic rings. The molecule has 1 aromatic heterocycles.